The highest BCUT2D eigenvalue weighted by atomic mass is 16.2. The maximum atomic E-state index is 11.6. The molecule has 0 spiro atoms. The van der Waals surface area contributed by atoms with Crippen molar-refractivity contribution in [3.8, 4) is 0 Å². The second-order valence-corrected chi connectivity index (χ2v) is 4.03. The maximum Gasteiger partial charge on any atom is 0.232 e. The van der Waals surface area contributed by atoms with Crippen LogP contribution in [0, 0.1) is 0 Å². The van der Waals surface area contributed by atoms with E-state index in [0.717, 1.165) is 13.1 Å². The van der Waals surface area contributed by atoms with Gasteiger partial charge in [0.05, 0.1) is 0 Å². The number of carbonyl (C=O) groups is 2. The Hall–Kier alpha value is -1.10. The van der Waals surface area contributed by atoms with Crippen molar-refractivity contribution >= 4 is 11.8 Å². The van der Waals surface area contributed by atoms with E-state index in [1.807, 2.05) is 13.8 Å². The predicted octanol–water partition coefficient (Wildman–Crippen LogP) is -0.667. The van der Waals surface area contributed by atoms with E-state index in [-0.39, 0.29) is 24.3 Å². The number of nitrogens with zero attached hydrogens (tertiary/aromatic N) is 1. The largest absolute Gasteiger partial charge is 0.353 e. The molecule has 1 heterocycles. The number of nitrogens with one attached hydrogen (secondary N) is 2. The fraction of sp³-hybridized carbons (Fsp3) is 0.800. The minimum atomic E-state index is -0.187. The first-order valence-corrected chi connectivity index (χ1v) is 5.37. The Morgan fingerprint density at radius 3 is 2.47 bits per heavy atom. The van der Waals surface area contributed by atoms with Crippen LogP contribution in [-0.4, -0.2) is 48.9 Å². The molecule has 1 rings (SSSR count). The number of amides is 2. The lowest BCUT2D eigenvalue weighted by Crippen LogP contribution is -2.47. The first kappa shape index (κ1) is 12.0. The minimum Gasteiger partial charge on any atom is -0.353 e. The molecule has 0 saturated carbocycles. The lowest BCUT2D eigenvalue weighted by Gasteiger charge is -2.27. The molecule has 1 aliphatic heterocycles. The van der Waals surface area contributed by atoms with E-state index in [9.17, 15) is 9.59 Å². The van der Waals surface area contributed by atoms with E-state index in [0.29, 0.717) is 13.1 Å². The number of piperazine rings is 1. The molecule has 0 bridgehead atoms. The van der Waals surface area contributed by atoms with Crippen LogP contribution in [0.15, 0.2) is 0 Å². The monoisotopic (exact) mass is 213 g/mol. The molecular weight excluding hydrogens is 194 g/mol. The molecule has 15 heavy (non-hydrogen) atoms. The Balaban J connectivity index is 2.30. The van der Waals surface area contributed by atoms with Crippen molar-refractivity contribution in [2.75, 3.05) is 26.2 Å². The van der Waals surface area contributed by atoms with Crippen LogP contribution in [0.2, 0.25) is 0 Å². The first-order chi connectivity index (χ1) is 7.09. The number of hydrogen-bond acceptors (Lipinski definition) is 3. The zero-order valence-corrected chi connectivity index (χ0v) is 9.38. The molecule has 0 aromatic carbocycles. The lowest BCUT2D eigenvalue weighted by molar-refractivity contribution is -0.136. The Labute approximate surface area is 90.2 Å². The standard InChI is InChI=1S/C10H19N3O2/c1-8(2)12-9(14)7-10(15)13-5-3-11-4-6-13/h8,11H,3-7H2,1-2H3,(H,12,14). The van der Waals surface area contributed by atoms with Gasteiger partial charge < -0.3 is 15.5 Å². The van der Waals surface area contributed by atoms with Crippen LogP contribution in [0.1, 0.15) is 20.3 Å². The number of rotatable bonds is 3. The van der Waals surface area contributed by atoms with Crippen molar-refractivity contribution in [3.63, 3.8) is 0 Å². The highest BCUT2D eigenvalue weighted by Crippen LogP contribution is 1.97. The molecule has 5 nitrogen and oxygen atoms in total. The van der Waals surface area contributed by atoms with Gasteiger partial charge in [0.25, 0.3) is 0 Å². The third kappa shape index (κ3) is 4.29. The van der Waals surface area contributed by atoms with E-state index in [1.165, 1.54) is 0 Å². The van der Waals surface area contributed by atoms with E-state index in [2.05, 4.69) is 10.6 Å². The van der Waals surface area contributed by atoms with Gasteiger partial charge in [-0.05, 0) is 13.8 Å². The molecule has 0 aliphatic carbocycles. The molecule has 0 unspecified atom stereocenters. The molecular formula is C10H19N3O2. The fourth-order valence-electron chi connectivity index (χ4n) is 1.54. The summed E-state index contributed by atoms with van der Waals surface area (Å²) in [5.41, 5.74) is 0. The van der Waals surface area contributed by atoms with Crippen molar-refractivity contribution < 1.29 is 9.59 Å². The van der Waals surface area contributed by atoms with Crippen LogP contribution in [0.3, 0.4) is 0 Å². The summed E-state index contributed by atoms with van der Waals surface area (Å²) in [5, 5.41) is 5.87. The summed E-state index contributed by atoms with van der Waals surface area (Å²) in [4.78, 5) is 24.7. The summed E-state index contributed by atoms with van der Waals surface area (Å²) in [6.45, 7) is 6.80. The van der Waals surface area contributed by atoms with Gasteiger partial charge in [-0.3, -0.25) is 9.59 Å². The predicted molar refractivity (Wildman–Crippen MR) is 57.3 cm³/mol. The van der Waals surface area contributed by atoms with E-state index in [1.54, 1.807) is 4.90 Å². The highest BCUT2D eigenvalue weighted by Gasteiger charge is 2.18. The van der Waals surface area contributed by atoms with E-state index in [4.69, 9.17) is 0 Å². The van der Waals surface area contributed by atoms with Gasteiger partial charge in [0.15, 0.2) is 0 Å². The maximum absolute atomic E-state index is 11.6. The first-order valence-electron chi connectivity index (χ1n) is 5.37. The summed E-state index contributed by atoms with van der Waals surface area (Å²) in [6.07, 6.45) is -0.0296. The van der Waals surface area contributed by atoms with Crippen molar-refractivity contribution in [2.45, 2.75) is 26.3 Å². The van der Waals surface area contributed by atoms with Crippen LogP contribution in [0.5, 0.6) is 0 Å². The average Bonchev–Trinajstić information content (AvgIpc) is 2.17. The topological polar surface area (TPSA) is 61.4 Å². The molecule has 0 radical (unpaired) electrons. The SMILES string of the molecule is CC(C)NC(=O)CC(=O)N1CCNCC1. The van der Waals surface area contributed by atoms with Crippen molar-refractivity contribution in [1.29, 1.82) is 0 Å². The Morgan fingerprint density at radius 1 is 1.33 bits per heavy atom. The van der Waals surface area contributed by atoms with Crippen LogP contribution in [0.25, 0.3) is 0 Å². The molecule has 0 atom stereocenters. The zero-order chi connectivity index (χ0) is 11.3. The zero-order valence-electron chi connectivity index (χ0n) is 9.38. The van der Waals surface area contributed by atoms with Crippen LogP contribution < -0.4 is 10.6 Å². The summed E-state index contributed by atoms with van der Waals surface area (Å²) in [6, 6.07) is 0.0910. The normalized spacial score (nSPS) is 16.6. The van der Waals surface area contributed by atoms with Crippen molar-refractivity contribution in [3.05, 3.63) is 0 Å². The number of carbonyl (C=O) groups excluding carboxylic acids is 2. The Morgan fingerprint density at radius 2 is 1.93 bits per heavy atom. The van der Waals surface area contributed by atoms with Gasteiger partial charge in [0.2, 0.25) is 11.8 Å². The molecule has 2 N–H and O–H groups in total. The van der Waals surface area contributed by atoms with Gasteiger partial charge >= 0.3 is 0 Å². The van der Waals surface area contributed by atoms with Crippen LogP contribution >= 0.6 is 0 Å². The molecule has 86 valence electrons. The average molecular weight is 213 g/mol. The summed E-state index contributed by atoms with van der Waals surface area (Å²) in [7, 11) is 0. The molecule has 0 aromatic heterocycles. The van der Waals surface area contributed by atoms with Crippen molar-refractivity contribution in [2.24, 2.45) is 0 Å². The third-order valence-corrected chi connectivity index (χ3v) is 2.23. The minimum absolute atomic E-state index is 0.0296. The van der Waals surface area contributed by atoms with Gasteiger partial charge in [-0.2, -0.15) is 0 Å². The van der Waals surface area contributed by atoms with Gasteiger partial charge in [0, 0.05) is 32.2 Å². The second kappa shape index (κ2) is 5.70. The molecule has 1 fully saturated rings. The van der Waals surface area contributed by atoms with E-state index >= 15 is 0 Å². The Kier molecular flexibility index (Phi) is 4.55. The summed E-state index contributed by atoms with van der Waals surface area (Å²) < 4.78 is 0. The second-order valence-electron chi connectivity index (χ2n) is 4.03. The quantitative estimate of drug-likeness (QED) is 0.611. The Bertz CT molecular complexity index is 235. The third-order valence-electron chi connectivity index (χ3n) is 2.23. The van der Waals surface area contributed by atoms with Crippen molar-refractivity contribution in [1.82, 2.24) is 15.5 Å². The van der Waals surface area contributed by atoms with Gasteiger partial charge in [0.1, 0.15) is 6.42 Å². The molecule has 1 saturated heterocycles. The van der Waals surface area contributed by atoms with Crippen LogP contribution in [-0.2, 0) is 9.59 Å². The van der Waals surface area contributed by atoms with Gasteiger partial charge in [-0.1, -0.05) is 0 Å². The lowest BCUT2D eigenvalue weighted by atomic mass is 10.3. The van der Waals surface area contributed by atoms with Gasteiger partial charge in [-0.15, -0.1) is 0 Å². The fourth-order valence-corrected chi connectivity index (χ4v) is 1.54. The van der Waals surface area contributed by atoms with Gasteiger partial charge in [-0.25, -0.2) is 0 Å². The molecule has 2 amide bonds. The van der Waals surface area contributed by atoms with E-state index < -0.39 is 0 Å². The molecule has 5 heteroatoms. The van der Waals surface area contributed by atoms with Crippen LogP contribution in [0.4, 0.5) is 0 Å². The molecule has 1 aliphatic rings. The highest BCUT2D eigenvalue weighted by molar-refractivity contribution is 5.97. The summed E-state index contributed by atoms with van der Waals surface area (Å²) >= 11 is 0. The summed E-state index contributed by atoms with van der Waals surface area (Å²) in [5.74, 6) is -0.261. The number of hydrogen-bond donors (Lipinski definition) is 2. The smallest absolute Gasteiger partial charge is 0.232 e. The molecule has 0 aromatic rings.